The van der Waals surface area contributed by atoms with E-state index in [-0.39, 0.29) is 0 Å². The van der Waals surface area contributed by atoms with Gasteiger partial charge in [-0.15, -0.1) is 0 Å². The molecule has 0 fully saturated rings. The minimum atomic E-state index is -4.09. The summed E-state index contributed by atoms with van der Waals surface area (Å²) in [7, 11) is 0. The SMILES string of the molecule is F[B-]1(F)n2c(Br)ccc2C(c2ccc(OCc3ccccc3)c(OCc3ccccc3)c2)=C2C=CC(Br)=[N+]21. The Labute approximate surface area is 235 Å². The summed E-state index contributed by atoms with van der Waals surface area (Å²) in [6.45, 7) is -3.38. The Kier molecular flexibility index (Phi) is 6.57. The fourth-order valence-corrected chi connectivity index (χ4v) is 5.93. The maximum Gasteiger partial charge on any atom is 0.738 e. The van der Waals surface area contributed by atoms with Crippen molar-refractivity contribution in [1.29, 1.82) is 0 Å². The van der Waals surface area contributed by atoms with Crippen molar-refractivity contribution in [3.05, 3.63) is 136 Å². The van der Waals surface area contributed by atoms with Crippen molar-refractivity contribution in [2.24, 2.45) is 0 Å². The van der Waals surface area contributed by atoms with E-state index in [0.29, 0.717) is 50.9 Å². The Balaban J connectivity index is 1.44. The highest BCUT2D eigenvalue weighted by molar-refractivity contribution is 9.18. The lowest BCUT2D eigenvalue weighted by molar-refractivity contribution is -0.358. The molecule has 0 aliphatic carbocycles. The van der Waals surface area contributed by atoms with Gasteiger partial charge in [0.15, 0.2) is 17.2 Å². The van der Waals surface area contributed by atoms with Crippen LogP contribution < -0.4 is 9.47 Å². The van der Waals surface area contributed by atoms with E-state index in [4.69, 9.17) is 9.47 Å². The number of ether oxygens (including phenoxy) is 2. The summed E-state index contributed by atoms with van der Waals surface area (Å²) >= 11 is 6.65. The van der Waals surface area contributed by atoms with Crippen LogP contribution in [0.15, 0.2) is 113 Å². The second-order valence-corrected chi connectivity index (χ2v) is 10.6. The van der Waals surface area contributed by atoms with E-state index in [2.05, 4.69) is 31.9 Å². The lowest BCUT2D eigenvalue weighted by atomic mass is 9.86. The highest BCUT2D eigenvalue weighted by Gasteiger charge is 2.54. The van der Waals surface area contributed by atoms with Gasteiger partial charge in [0.1, 0.15) is 13.2 Å². The summed E-state index contributed by atoms with van der Waals surface area (Å²) in [5.41, 5.74) is 4.30. The number of rotatable bonds is 7. The Morgan fingerprint density at radius 3 is 2.03 bits per heavy atom. The van der Waals surface area contributed by atoms with Gasteiger partial charge in [0.05, 0.1) is 10.2 Å². The average molecular weight is 638 g/mol. The molecule has 0 saturated carbocycles. The van der Waals surface area contributed by atoms with E-state index in [0.717, 1.165) is 25.7 Å². The predicted octanol–water partition coefficient (Wildman–Crippen LogP) is 7.78. The van der Waals surface area contributed by atoms with Crippen molar-refractivity contribution in [3.63, 3.8) is 0 Å². The van der Waals surface area contributed by atoms with Crippen LogP contribution in [0.5, 0.6) is 11.5 Å². The third-order valence-corrected chi connectivity index (χ3v) is 7.87. The zero-order valence-corrected chi connectivity index (χ0v) is 23.2. The molecule has 0 spiro atoms. The van der Waals surface area contributed by atoms with Crippen molar-refractivity contribution < 1.29 is 22.6 Å². The fourth-order valence-electron chi connectivity index (χ4n) is 4.79. The molecular weight excluding hydrogens is 617 g/mol. The molecule has 0 unspecified atom stereocenters. The molecule has 2 aliphatic rings. The number of aromatic nitrogens is 1. The molecule has 3 aromatic carbocycles. The average Bonchev–Trinajstić information content (AvgIpc) is 3.52. The van der Waals surface area contributed by atoms with Crippen LogP contribution in [0.2, 0.25) is 0 Å². The number of allylic oxidation sites excluding steroid dienone is 2. The molecule has 0 atom stereocenters. The fraction of sp³-hybridized carbons (Fsp3) is 0.0690. The maximum atomic E-state index is 15.7. The van der Waals surface area contributed by atoms with Crippen LogP contribution in [0, 0.1) is 0 Å². The Morgan fingerprint density at radius 1 is 0.737 bits per heavy atom. The van der Waals surface area contributed by atoms with Gasteiger partial charge in [-0.3, -0.25) is 0 Å². The summed E-state index contributed by atoms with van der Waals surface area (Å²) in [5.74, 6) is 1.11. The molecule has 0 amide bonds. The normalized spacial score (nSPS) is 15.5. The van der Waals surface area contributed by atoms with Gasteiger partial charge in [-0.25, -0.2) is 0 Å². The highest BCUT2D eigenvalue weighted by Crippen LogP contribution is 2.43. The van der Waals surface area contributed by atoms with Gasteiger partial charge in [0.25, 0.3) is 0 Å². The number of benzene rings is 3. The Hall–Kier alpha value is -3.43. The third-order valence-electron chi connectivity index (χ3n) is 6.58. The van der Waals surface area contributed by atoms with Gasteiger partial charge in [0.2, 0.25) is 4.62 Å². The van der Waals surface area contributed by atoms with Crippen LogP contribution >= 0.6 is 31.9 Å². The molecule has 6 rings (SSSR count). The number of hydrogen-bond acceptors (Lipinski definition) is 2. The second kappa shape index (κ2) is 10.0. The third kappa shape index (κ3) is 4.43. The van der Waals surface area contributed by atoms with Crippen molar-refractivity contribution in [3.8, 4) is 11.5 Å². The zero-order valence-electron chi connectivity index (χ0n) is 20.0. The van der Waals surface area contributed by atoms with E-state index in [1.807, 2.05) is 78.9 Å². The minimum Gasteiger partial charge on any atom is -0.485 e. The van der Waals surface area contributed by atoms with Gasteiger partial charge in [-0.05, 0) is 56.9 Å². The minimum absolute atomic E-state index is 0.310. The van der Waals surface area contributed by atoms with Crippen molar-refractivity contribution >= 4 is 49.0 Å². The second-order valence-electron chi connectivity index (χ2n) is 9.00. The molecule has 1 aromatic heterocycles. The number of nitrogens with zero attached hydrogens (tertiary/aromatic N) is 2. The van der Waals surface area contributed by atoms with Crippen LogP contribution in [-0.2, 0) is 13.2 Å². The van der Waals surface area contributed by atoms with Crippen molar-refractivity contribution in [2.45, 2.75) is 13.2 Å². The van der Waals surface area contributed by atoms with Gasteiger partial charge < -0.3 is 27.1 Å². The number of fused-ring (bicyclic) bond motifs is 2. The molecule has 4 aromatic rings. The molecule has 190 valence electrons. The quantitative estimate of drug-likeness (QED) is 0.194. The van der Waals surface area contributed by atoms with Crippen LogP contribution in [0.3, 0.4) is 0 Å². The van der Waals surface area contributed by atoms with E-state index >= 15 is 8.63 Å². The summed E-state index contributed by atoms with van der Waals surface area (Å²) in [6.07, 6.45) is 3.36. The molecule has 2 aliphatic heterocycles. The first-order valence-electron chi connectivity index (χ1n) is 12.0. The molecular formula is C29H21BBr2F2N2O2. The summed E-state index contributed by atoms with van der Waals surface area (Å²) in [6, 6.07) is 28.7. The van der Waals surface area contributed by atoms with E-state index in [1.165, 1.54) is 0 Å². The van der Waals surface area contributed by atoms with E-state index < -0.39 is 6.97 Å². The largest absolute Gasteiger partial charge is 0.738 e. The molecule has 0 N–H and O–H groups in total. The molecule has 9 heteroatoms. The van der Waals surface area contributed by atoms with Gasteiger partial charge >= 0.3 is 6.97 Å². The van der Waals surface area contributed by atoms with Crippen molar-refractivity contribution in [2.75, 3.05) is 0 Å². The molecule has 4 nitrogen and oxygen atoms in total. The van der Waals surface area contributed by atoms with Crippen LogP contribution in [-0.4, -0.2) is 20.6 Å². The maximum absolute atomic E-state index is 15.7. The van der Waals surface area contributed by atoms with Gasteiger partial charge in [0, 0.05) is 33.8 Å². The zero-order chi connectivity index (χ0) is 26.3. The molecule has 38 heavy (non-hydrogen) atoms. The Morgan fingerprint density at radius 2 is 1.37 bits per heavy atom. The van der Waals surface area contributed by atoms with E-state index in [9.17, 15) is 0 Å². The van der Waals surface area contributed by atoms with E-state index in [1.54, 1.807) is 24.3 Å². The lowest BCUT2D eigenvalue weighted by Gasteiger charge is -2.32. The lowest BCUT2D eigenvalue weighted by Crippen LogP contribution is -2.50. The molecule has 0 saturated heterocycles. The highest BCUT2D eigenvalue weighted by atomic mass is 79.9. The standard InChI is InChI=1S/C29H21BBr2F2N2O2/c31-27-15-12-23-29(24-13-16-28(32)36(24)30(33,34)35(23)27)22-11-14-25(37-18-20-7-3-1-4-8-20)26(17-22)38-19-21-9-5-2-6-10-21/h1-17H,18-19H2. The summed E-state index contributed by atoms with van der Waals surface area (Å²) < 4.78 is 46.4. The topological polar surface area (TPSA) is 26.4 Å². The number of halogens is 4. The van der Waals surface area contributed by atoms with Gasteiger partial charge in [-0.2, -0.15) is 0 Å². The van der Waals surface area contributed by atoms with Crippen LogP contribution in [0.25, 0.3) is 5.57 Å². The van der Waals surface area contributed by atoms with Crippen LogP contribution in [0.4, 0.5) is 8.63 Å². The van der Waals surface area contributed by atoms with Crippen molar-refractivity contribution in [1.82, 2.24) is 4.48 Å². The smallest absolute Gasteiger partial charge is 0.485 e. The number of hydrogen-bond donors (Lipinski definition) is 0. The predicted molar refractivity (Wildman–Crippen MR) is 153 cm³/mol. The molecule has 0 radical (unpaired) electrons. The first-order chi connectivity index (χ1) is 18.4. The van der Waals surface area contributed by atoms with Crippen LogP contribution in [0.1, 0.15) is 22.4 Å². The van der Waals surface area contributed by atoms with Gasteiger partial charge in [-0.1, -0.05) is 66.7 Å². The molecule has 0 bridgehead atoms. The molecule has 3 heterocycles. The monoisotopic (exact) mass is 636 g/mol. The summed E-state index contributed by atoms with van der Waals surface area (Å²) in [5, 5.41) is 0. The Bertz CT molecular complexity index is 1620. The summed E-state index contributed by atoms with van der Waals surface area (Å²) in [4.78, 5) is 0. The first kappa shape index (κ1) is 24.9. The first-order valence-corrected chi connectivity index (χ1v) is 13.6.